The molecule has 8 rings (SSSR count). The predicted molar refractivity (Wildman–Crippen MR) is 222 cm³/mol. The summed E-state index contributed by atoms with van der Waals surface area (Å²) >= 11 is 11.9. The van der Waals surface area contributed by atoms with E-state index in [1.807, 2.05) is 44.2 Å². The van der Waals surface area contributed by atoms with E-state index < -0.39 is 21.6 Å². The van der Waals surface area contributed by atoms with Crippen LogP contribution in [0.25, 0.3) is 22.3 Å². The Labute approximate surface area is 354 Å². The van der Waals surface area contributed by atoms with Crippen molar-refractivity contribution in [1.82, 2.24) is 58.2 Å². The first-order chi connectivity index (χ1) is 28.9. The van der Waals surface area contributed by atoms with Crippen molar-refractivity contribution in [3.8, 4) is 0 Å². The molecule has 0 atom stereocenters. The Morgan fingerprint density at radius 3 is 1.72 bits per heavy atom. The van der Waals surface area contributed by atoms with Gasteiger partial charge in [0.2, 0.25) is 11.8 Å². The summed E-state index contributed by atoms with van der Waals surface area (Å²) < 4.78 is 43.0. The summed E-state index contributed by atoms with van der Waals surface area (Å²) in [5, 5.41) is 11.4. The van der Waals surface area contributed by atoms with Gasteiger partial charge in [-0.05, 0) is 61.1 Å². The Morgan fingerprint density at radius 2 is 1.23 bits per heavy atom. The first-order valence-corrected chi connectivity index (χ1v) is 20.7. The number of H-pyrrole nitrogens is 1. The molecule has 6 heterocycles. The van der Waals surface area contributed by atoms with Crippen LogP contribution < -0.4 is 22.6 Å². The number of hydrogen-bond donors (Lipinski definition) is 1. The maximum atomic E-state index is 12.6. The van der Waals surface area contributed by atoms with E-state index in [1.165, 1.54) is 39.1 Å². The molecule has 0 amide bonds. The third kappa shape index (κ3) is 11.2. The number of nitrogens with one attached hydrogen (secondary N) is 1. The van der Waals surface area contributed by atoms with E-state index in [1.54, 1.807) is 29.3 Å². The highest BCUT2D eigenvalue weighted by molar-refractivity contribution is 7.85. The third-order valence-electron chi connectivity index (χ3n) is 8.89. The molecule has 21 nitrogen and oxygen atoms in total. The van der Waals surface area contributed by atoms with Gasteiger partial charge in [-0.15, -0.1) is 10.2 Å². The van der Waals surface area contributed by atoms with Crippen LogP contribution in [0.1, 0.15) is 34.0 Å². The first kappa shape index (κ1) is 44.1. The lowest BCUT2D eigenvalue weighted by Crippen LogP contribution is -2.22. The SMILES string of the molecule is Cc1cc(CCOS(C)(=O)=O)ccc1Cl.Cc1cc(CCn2nc(Cn3cnc4ncn(C)c4c3=O)oc2=O)ccc1Cl.Cn1cnc2ncn(Cc3n[nH]c(=O)o3)c(=O)c21. The van der Waals surface area contributed by atoms with E-state index in [0.29, 0.717) is 51.8 Å². The largest absolute Gasteiger partial charge is 0.437 e. The molecule has 0 unspecified atom stereocenters. The average molecular weight is 898 g/mol. The minimum Gasteiger partial charge on any atom is -0.390 e. The van der Waals surface area contributed by atoms with Crippen LogP contribution in [-0.4, -0.2) is 79.5 Å². The summed E-state index contributed by atoms with van der Waals surface area (Å²) in [6, 6.07) is 11.3. The zero-order chi connectivity index (χ0) is 44.0. The van der Waals surface area contributed by atoms with Crippen LogP contribution >= 0.6 is 23.2 Å². The van der Waals surface area contributed by atoms with Gasteiger partial charge in [-0.1, -0.05) is 47.5 Å². The van der Waals surface area contributed by atoms with Gasteiger partial charge in [0.25, 0.3) is 21.2 Å². The first-order valence-electron chi connectivity index (χ1n) is 18.1. The molecule has 1 N–H and O–H groups in total. The Kier molecular flexibility index (Phi) is 13.6. The fraction of sp³-hybridized carbons (Fsp3) is 0.297. The molecule has 0 fully saturated rings. The van der Waals surface area contributed by atoms with Crippen LogP contribution in [0.4, 0.5) is 0 Å². The molecule has 0 bridgehead atoms. The number of imidazole rings is 2. The molecule has 0 saturated carbocycles. The number of hydrogen-bond acceptors (Lipinski definition) is 15. The molecule has 0 aliphatic rings. The van der Waals surface area contributed by atoms with E-state index in [-0.39, 0.29) is 42.6 Å². The van der Waals surface area contributed by atoms with Gasteiger partial charge in [0.05, 0.1) is 32.1 Å². The molecular weight excluding hydrogens is 859 g/mol. The van der Waals surface area contributed by atoms with E-state index in [0.717, 1.165) is 28.5 Å². The Balaban J connectivity index is 0.000000163. The normalized spacial score (nSPS) is 11.4. The van der Waals surface area contributed by atoms with E-state index in [9.17, 15) is 27.6 Å². The van der Waals surface area contributed by atoms with Crippen molar-refractivity contribution in [3.05, 3.63) is 148 Å². The van der Waals surface area contributed by atoms with Gasteiger partial charge < -0.3 is 18.0 Å². The average Bonchev–Trinajstić information content (AvgIpc) is 3.99. The second kappa shape index (κ2) is 18.8. The van der Waals surface area contributed by atoms with Crippen LogP contribution in [0.5, 0.6) is 0 Å². The summed E-state index contributed by atoms with van der Waals surface area (Å²) in [5.41, 5.74) is 4.97. The molecule has 24 heteroatoms. The zero-order valence-electron chi connectivity index (χ0n) is 33.3. The standard InChI is InChI=1S/C18H17ClN6O3.C10H13ClO3S.C9H8N6O3/c1-11-7-12(3-4-13(11)19)5-6-25-18(27)28-14(22-25)8-24-10-21-16-15(17(24)26)23(2)9-20-16;1-8-7-9(3-4-10(8)11)5-6-14-15(2,12)13;1-14-3-10-7-6(14)8(16)15(4-11-7)2-5-12-13-9(17)18-5/h3-4,7,9-10H,5-6,8H2,1-2H3;3-4,7H,5-6H2,1-2H3;3-4H,2H2,1H3,(H,13,17). The molecule has 320 valence electrons. The van der Waals surface area contributed by atoms with Crippen molar-refractivity contribution in [3.63, 3.8) is 0 Å². The summed E-state index contributed by atoms with van der Waals surface area (Å²) in [6.07, 6.45) is 7.95. The van der Waals surface area contributed by atoms with Gasteiger partial charge in [-0.3, -0.25) is 22.9 Å². The molecule has 0 spiro atoms. The molecule has 2 aromatic carbocycles. The van der Waals surface area contributed by atoms with Gasteiger partial charge in [0, 0.05) is 24.1 Å². The molecular formula is C37H38Cl2N12O9S. The highest BCUT2D eigenvalue weighted by atomic mass is 35.5. The van der Waals surface area contributed by atoms with E-state index in [4.69, 9.17) is 32.0 Å². The smallest absolute Gasteiger partial charge is 0.390 e. The lowest BCUT2D eigenvalue weighted by Gasteiger charge is -2.04. The van der Waals surface area contributed by atoms with Crippen molar-refractivity contribution in [1.29, 1.82) is 0 Å². The van der Waals surface area contributed by atoms with Crippen LogP contribution in [0.15, 0.2) is 89.7 Å². The fourth-order valence-electron chi connectivity index (χ4n) is 5.81. The summed E-state index contributed by atoms with van der Waals surface area (Å²) in [6.45, 7) is 4.40. The Bertz CT molecular complexity index is 3190. The van der Waals surface area contributed by atoms with Crippen molar-refractivity contribution >= 4 is 55.6 Å². The molecule has 8 aromatic rings. The van der Waals surface area contributed by atoms with E-state index >= 15 is 0 Å². The summed E-state index contributed by atoms with van der Waals surface area (Å²) in [5.74, 6) is -0.968. The Morgan fingerprint density at radius 1 is 0.721 bits per heavy atom. The van der Waals surface area contributed by atoms with Gasteiger partial charge in [-0.25, -0.2) is 34.6 Å². The van der Waals surface area contributed by atoms with Crippen LogP contribution in [0, 0.1) is 13.8 Å². The lowest BCUT2D eigenvalue weighted by molar-refractivity contribution is 0.326. The monoisotopic (exact) mass is 896 g/mol. The van der Waals surface area contributed by atoms with Crippen molar-refractivity contribution < 1.29 is 21.4 Å². The van der Waals surface area contributed by atoms with Crippen LogP contribution in [0.3, 0.4) is 0 Å². The Hall–Kier alpha value is -6.49. The highest BCUT2D eigenvalue weighted by Gasteiger charge is 2.14. The zero-order valence-corrected chi connectivity index (χ0v) is 35.6. The van der Waals surface area contributed by atoms with Crippen molar-refractivity contribution in [2.75, 3.05) is 12.9 Å². The number of halogens is 2. The topological polar surface area (TPSA) is 256 Å². The van der Waals surface area contributed by atoms with Gasteiger partial charge in [-0.2, -0.15) is 13.1 Å². The minimum absolute atomic E-state index is 0.00917. The molecule has 61 heavy (non-hydrogen) atoms. The quantitative estimate of drug-likeness (QED) is 0.183. The summed E-state index contributed by atoms with van der Waals surface area (Å²) in [7, 11) is 0.0855. The number of fused-ring (bicyclic) bond motifs is 2. The number of aromatic amines is 1. The van der Waals surface area contributed by atoms with E-state index in [2.05, 4.69) is 39.4 Å². The molecule has 0 saturated heterocycles. The molecule has 0 aliphatic carbocycles. The van der Waals surface area contributed by atoms with Gasteiger partial charge in [0.1, 0.15) is 25.7 Å². The molecule has 6 aromatic heterocycles. The van der Waals surface area contributed by atoms with Crippen molar-refractivity contribution in [2.45, 2.75) is 46.3 Å². The predicted octanol–water partition coefficient (Wildman–Crippen LogP) is 2.55. The second-order valence-corrected chi connectivity index (χ2v) is 16.1. The maximum absolute atomic E-state index is 12.6. The number of benzene rings is 2. The summed E-state index contributed by atoms with van der Waals surface area (Å²) in [4.78, 5) is 63.8. The van der Waals surface area contributed by atoms with Crippen LogP contribution in [0.2, 0.25) is 10.0 Å². The third-order valence-corrected chi connectivity index (χ3v) is 10.3. The maximum Gasteiger partial charge on any atom is 0.437 e. The second-order valence-electron chi connectivity index (χ2n) is 13.6. The lowest BCUT2D eigenvalue weighted by atomic mass is 10.1. The van der Waals surface area contributed by atoms with Crippen LogP contribution in [-0.2, 0) is 60.9 Å². The molecule has 0 aliphatic heterocycles. The number of nitrogens with zero attached hydrogens (tertiary/aromatic N) is 11. The van der Waals surface area contributed by atoms with Gasteiger partial charge in [0.15, 0.2) is 22.3 Å². The van der Waals surface area contributed by atoms with Gasteiger partial charge >= 0.3 is 11.5 Å². The number of rotatable bonds is 11. The fourth-order valence-corrected chi connectivity index (χ4v) is 6.43. The number of aryl methyl sites for hydroxylation is 6. The minimum atomic E-state index is -3.34. The molecule has 0 radical (unpaired) electrons. The van der Waals surface area contributed by atoms with Crippen molar-refractivity contribution in [2.24, 2.45) is 14.1 Å². The highest BCUT2D eigenvalue weighted by Crippen LogP contribution is 2.18. The number of aromatic nitrogens is 12.